The molecule has 1 heterocycles. The molecule has 5 nitrogen and oxygen atoms in total. The van der Waals surface area contributed by atoms with E-state index >= 15 is 0 Å². The number of nitriles is 1. The molecule has 0 radical (unpaired) electrons. The molecular formula is C14H19BrN3O2S+. The van der Waals surface area contributed by atoms with E-state index in [0.717, 1.165) is 29.7 Å². The lowest BCUT2D eigenvalue weighted by molar-refractivity contribution is -0.903. The number of hydrogen-bond acceptors (Lipinski definition) is 3. The molecular weight excluding hydrogens is 354 g/mol. The molecule has 1 aromatic rings. The lowest BCUT2D eigenvalue weighted by atomic mass is 10.2. The number of benzene rings is 1. The second-order valence-electron chi connectivity index (χ2n) is 5.22. The Morgan fingerprint density at radius 2 is 2.05 bits per heavy atom. The third-order valence-corrected chi connectivity index (χ3v) is 6.57. The van der Waals surface area contributed by atoms with Crippen molar-refractivity contribution in [2.24, 2.45) is 0 Å². The molecule has 114 valence electrons. The van der Waals surface area contributed by atoms with Gasteiger partial charge in [0, 0.05) is 4.47 Å². The average molecular weight is 373 g/mol. The first-order valence-corrected chi connectivity index (χ1v) is 9.15. The number of halogens is 1. The molecule has 2 rings (SSSR count). The normalized spacial score (nSPS) is 17.6. The summed E-state index contributed by atoms with van der Waals surface area (Å²) in [5.41, 5.74) is 0.911. The van der Waals surface area contributed by atoms with Crippen molar-refractivity contribution in [3.8, 4) is 6.07 Å². The van der Waals surface area contributed by atoms with Crippen LogP contribution in [-0.2, 0) is 10.0 Å². The van der Waals surface area contributed by atoms with Gasteiger partial charge in [0.25, 0.3) is 0 Å². The Balaban J connectivity index is 2.08. The maximum Gasteiger partial charge on any atom is 0.243 e. The van der Waals surface area contributed by atoms with Gasteiger partial charge in [0.05, 0.1) is 50.1 Å². The number of rotatable bonds is 4. The number of nitrogens with zero attached hydrogens (tertiary/aromatic N) is 2. The van der Waals surface area contributed by atoms with Gasteiger partial charge in [-0.1, -0.05) is 15.9 Å². The van der Waals surface area contributed by atoms with E-state index in [9.17, 15) is 8.42 Å². The Kier molecular flexibility index (Phi) is 5.38. The number of hydrogen-bond donors (Lipinski definition) is 1. The van der Waals surface area contributed by atoms with Gasteiger partial charge in [-0.2, -0.15) is 9.57 Å². The van der Waals surface area contributed by atoms with Gasteiger partial charge in [-0.25, -0.2) is 8.42 Å². The van der Waals surface area contributed by atoms with Crippen molar-refractivity contribution in [1.29, 1.82) is 5.26 Å². The third-order valence-electron chi connectivity index (χ3n) is 3.79. The lowest BCUT2D eigenvalue weighted by Gasteiger charge is -2.31. The zero-order valence-electron chi connectivity index (χ0n) is 12.0. The van der Waals surface area contributed by atoms with Crippen LogP contribution in [0.1, 0.15) is 12.0 Å². The number of nitrogens with one attached hydrogen (secondary N) is 1. The summed E-state index contributed by atoms with van der Waals surface area (Å²) in [7, 11) is -3.41. The van der Waals surface area contributed by atoms with Crippen molar-refractivity contribution in [2.75, 3.05) is 32.7 Å². The number of sulfonamides is 1. The summed E-state index contributed by atoms with van der Waals surface area (Å²) in [6.45, 7) is 5.22. The Bertz CT molecular complexity index is 647. The van der Waals surface area contributed by atoms with E-state index in [2.05, 4.69) is 22.0 Å². The van der Waals surface area contributed by atoms with Crippen LogP contribution in [0.2, 0.25) is 0 Å². The van der Waals surface area contributed by atoms with E-state index in [1.54, 1.807) is 22.5 Å². The topological polar surface area (TPSA) is 65.6 Å². The van der Waals surface area contributed by atoms with Crippen LogP contribution in [0.3, 0.4) is 0 Å². The minimum Gasteiger partial charge on any atom is -0.332 e. The minimum atomic E-state index is -3.41. The molecule has 0 atom stereocenters. The summed E-state index contributed by atoms with van der Waals surface area (Å²) in [5, 5.41) is 8.60. The molecule has 0 amide bonds. The van der Waals surface area contributed by atoms with E-state index in [1.165, 1.54) is 4.90 Å². The predicted octanol–water partition coefficient (Wildman–Crippen LogP) is 0.560. The molecule has 1 saturated heterocycles. The van der Waals surface area contributed by atoms with Gasteiger partial charge in [-0.3, -0.25) is 0 Å². The standard InChI is InChI=1S/C14H18BrN3O2S/c1-12-11-13(3-4-14(12)15)21(19,20)18-9-7-17(8-10-18)6-2-5-16/h3-4,11H,2,6-10H2,1H3/p+1. The average Bonchev–Trinajstić information content (AvgIpc) is 2.48. The van der Waals surface area contributed by atoms with Gasteiger partial charge in [-0.15, -0.1) is 0 Å². The van der Waals surface area contributed by atoms with Crippen LogP contribution < -0.4 is 4.90 Å². The van der Waals surface area contributed by atoms with Gasteiger partial charge in [0.2, 0.25) is 10.0 Å². The summed E-state index contributed by atoms with van der Waals surface area (Å²) in [6.07, 6.45) is 0.522. The first-order chi connectivity index (χ1) is 9.95. The van der Waals surface area contributed by atoms with Gasteiger partial charge in [0.15, 0.2) is 0 Å². The first kappa shape index (κ1) is 16.4. The molecule has 1 N–H and O–H groups in total. The van der Waals surface area contributed by atoms with Crippen LogP contribution in [0.25, 0.3) is 0 Å². The summed E-state index contributed by atoms with van der Waals surface area (Å²) >= 11 is 3.39. The Labute approximate surface area is 134 Å². The number of quaternary nitrogens is 1. The smallest absolute Gasteiger partial charge is 0.243 e. The molecule has 0 bridgehead atoms. The maximum atomic E-state index is 12.6. The monoisotopic (exact) mass is 372 g/mol. The Morgan fingerprint density at radius 1 is 1.38 bits per heavy atom. The molecule has 0 aromatic heterocycles. The molecule has 1 fully saturated rings. The van der Waals surface area contributed by atoms with Gasteiger partial charge >= 0.3 is 0 Å². The van der Waals surface area contributed by atoms with Gasteiger partial charge < -0.3 is 4.90 Å². The fourth-order valence-electron chi connectivity index (χ4n) is 2.45. The zero-order chi connectivity index (χ0) is 15.5. The van der Waals surface area contributed by atoms with Crippen LogP contribution in [0.5, 0.6) is 0 Å². The molecule has 21 heavy (non-hydrogen) atoms. The summed E-state index contributed by atoms with van der Waals surface area (Å²) in [4.78, 5) is 1.65. The second-order valence-corrected chi connectivity index (χ2v) is 8.02. The predicted molar refractivity (Wildman–Crippen MR) is 83.4 cm³/mol. The minimum absolute atomic E-state index is 0.351. The van der Waals surface area contributed by atoms with Crippen molar-refractivity contribution in [3.05, 3.63) is 28.2 Å². The molecule has 1 aromatic carbocycles. The van der Waals surface area contributed by atoms with Crippen LogP contribution in [0.15, 0.2) is 27.6 Å². The number of piperazine rings is 1. The van der Waals surface area contributed by atoms with Crippen molar-refractivity contribution in [3.63, 3.8) is 0 Å². The van der Waals surface area contributed by atoms with E-state index in [0.29, 0.717) is 24.4 Å². The molecule has 0 saturated carbocycles. The highest BCUT2D eigenvalue weighted by Gasteiger charge is 2.30. The second kappa shape index (κ2) is 6.88. The summed E-state index contributed by atoms with van der Waals surface area (Å²) < 4.78 is 27.7. The van der Waals surface area contributed by atoms with Crippen molar-refractivity contribution < 1.29 is 13.3 Å². The quantitative estimate of drug-likeness (QED) is 0.839. The first-order valence-electron chi connectivity index (χ1n) is 6.92. The fraction of sp³-hybridized carbons (Fsp3) is 0.500. The van der Waals surface area contributed by atoms with E-state index < -0.39 is 10.0 Å². The summed E-state index contributed by atoms with van der Waals surface area (Å²) in [5.74, 6) is 0. The van der Waals surface area contributed by atoms with E-state index in [-0.39, 0.29) is 0 Å². The van der Waals surface area contributed by atoms with Crippen molar-refractivity contribution >= 4 is 26.0 Å². The van der Waals surface area contributed by atoms with Gasteiger partial charge in [-0.05, 0) is 30.7 Å². The Morgan fingerprint density at radius 3 is 2.62 bits per heavy atom. The highest BCUT2D eigenvalue weighted by Crippen LogP contribution is 2.22. The fourth-order valence-corrected chi connectivity index (χ4v) is 4.23. The number of aryl methyl sites for hydroxylation is 1. The van der Waals surface area contributed by atoms with Crippen LogP contribution >= 0.6 is 15.9 Å². The van der Waals surface area contributed by atoms with Crippen LogP contribution in [-0.4, -0.2) is 45.4 Å². The summed E-state index contributed by atoms with van der Waals surface area (Å²) in [6, 6.07) is 7.25. The van der Waals surface area contributed by atoms with E-state index in [1.807, 2.05) is 6.92 Å². The lowest BCUT2D eigenvalue weighted by Crippen LogP contribution is -3.14. The maximum absolute atomic E-state index is 12.6. The van der Waals surface area contributed by atoms with Crippen molar-refractivity contribution in [2.45, 2.75) is 18.2 Å². The Hall–Kier alpha value is -0.940. The van der Waals surface area contributed by atoms with E-state index in [4.69, 9.17) is 5.26 Å². The highest BCUT2D eigenvalue weighted by atomic mass is 79.9. The van der Waals surface area contributed by atoms with Crippen molar-refractivity contribution in [1.82, 2.24) is 4.31 Å². The SMILES string of the molecule is Cc1cc(S(=O)(=O)N2CC[NH+](CCC#N)CC2)ccc1Br. The molecule has 1 aliphatic rings. The molecule has 0 spiro atoms. The molecule has 1 aliphatic heterocycles. The third kappa shape index (κ3) is 3.83. The van der Waals surface area contributed by atoms with Crippen LogP contribution in [0, 0.1) is 18.3 Å². The molecule has 0 aliphatic carbocycles. The largest absolute Gasteiger partial charge is 0.332 e. The highest BCUT2D eigenvalue weighted by molar-refractivity contribution is 9.10. The molecule has 7 heteroatoms. The zero-order valence-corrected chi connectivity index (χ0v) is 14.4. The van der Waals surface area contributed by atoms with Gasteiger partial charge in [0.1, 0.15) is 0 Å². The molecule has 0 unspecified atom stereocenters. The van der Waals surface area contributed by atoms with Crippen LogP contribution in [0.4, 0.5) is 0 Å².